The van der Waals surface area contributed by atoms with Crippen LogP contribution >= 0.6 is 0 Å². The summed E-state index contributed by atoms with van der Waals surface area (Å²) < 4.78 is 27.2. The van der Waals surface area contributed by atoms with Crippen molar-refractivity contribution in [3.8, 4) is 5.75 Å². The number of amides is 4. The zero-order chi connectivity index (χ0) is 24.5. The second-order valence-corrected chi connectivity index (χ2v) is 12.1. The van der Waals surface area contributed by atoms with Gasteiger partial charge in [0.15, 0.2) is 0 Å². The van der Waals surface area contributed by atoms with Crippen LogP contribution in [-0.2, 0) is 31.2 Å². The summed E-state index contributed by atoms with van der Waals surface area (Å²) in [6.45, 7) is 7.05. The average molecular weight is 492 g/mol. The monoisotopic (exact) mass is 491 g/mol. The smallest absolute Gasteiger partial charge is 0.331 e. The molecule has 3 atom stereocenters. The highest BCUT2D eigenvalue weighted by atomic mass is 32.2. The zero-order valence-corrected chi connectivity index (χ0v) is 20.7. The van der Waals surface area contributed by atoms with Gasteiger partial charge in [0, 0.05) is 42.6 Å². The number of para-hydroxylation sites is 1. The van der Waals surface area contributed by atoms with Crippen LogP contribution < -0.4 is 14.8 Å². The summed E-state index contributed by atoms with van der Waals surface area (Å²) >= 11 is -1.39. The van der Waals surface area contributed by atoms with E-state index in [0.29, 0.717) is 51.3 Å². The lowest BCUT2D eigenvalue weighted by molar-refractivity contribution is -0.145. The van der Waals surface area contributed by atoms with E-state index < -0.39 is 45.4 Å². The van der Waals surface area contributed by atoms with Gasteiger partial charge in [0.25, 0.3) is 0 Å². The van der Waals surface area contributed by atoms with Crippen LogP contribution in [0.2, 0.25) is 0 Å². The molecule has 3 aliphatic heterocycles. The molecule has 2 fully saturated rings. The molecular weight excluding hydrogens is 458 g/mol. The van der Waals surface area contributed by atoms with Gasteiger partial charge >= 0.3 is 6.03 Å². The maximum Gasteiger partial charge on any atom is 0.331 e. The molecule has 4 rings (SSSR count). The van der Waals surface area contributed by atoms with Gasteiger partial charge in [-0.15, -0.1) is 4.72 Å². The predicted molar refractivity (Wildman–Crippen MR) is 126 cm³/mol. The SMILES string of the molecule is CC(C)(C)[S@+]([O-])N[C@@]1(CCC2C(=O)NC(=O)N(C3CCOCC3)C2=O)CCOc2ccccc21. The molecule has 1 aromatic rings. The number of urea groups is 1. The fourth-order valence-corrected chi connectivity index (χ4v) is 5.75. The fourth-order valence-electron chi connectivity index (χ4n) is 4.77. The first-order valence-electron chi connectivity index (χ1n) is 11.8. The van der Waals surface area contributed by atoms with E-state index in [4.69, 9.17) is 9.47 Å². The van der Waals surface area contributed by atoms with E-state index in [1.165, 1.54) is 4.90 Å². The van der Waals surface area contributed by atoms with Crippen LogP contribution in [0.4, 0.5) is 4.79 Å². The van der Waals surface area contributed by atoms with Crippen molar-refractivity contribution in [3.05, 3.63) is 29.8 Å². The van der Waals surface area contributed by atoms with Crippen LogP contribution in [0, 0.1) is 5.92 Å². The quantitative estimate of drug-likeness (QED) is 0.463. The Bertz CT molecular complexity index is 945. The molecule has 3 heterocycles. The summed E-state index contributed by atoms with van der Waals surface area (Å²) in [6.07, 6.45) is 2.24. The largest absolute Gasteiger partial charge is 0.598 e. The van der Waals surface area contributed by atoms with E-state index >= 15 is 0 Å². The summed E-state index contributed by atoms with van der Waals surface area (Å²) in [5, 5.41) is 2.37. The Balaban J connectivity index is 1.59. The van der Waals surface area contributed by atoms with Gasteiger partial charge in [0.1, 0.15) is 16.4 Å². The second kappa shape index (κ2) is 9.85. The number of barbiturate groups is 1. The molecular formula is C24H33N3O6S. The van der Waals surface area contributed by atoms with Crippen molar-refractivity contribution in [1.82, 2.24) is 14.9 Å². The van der Waals surface area contributed by atoms with Crippen molar-refractivity contribution in [1.29, 1.82) is 0 Å². The Labute approximate surface area is 203 Å². The highest BCUT2D eigenvalue weighted by Crippen LogP contribution is 2.42. The molecule has 10 heteroatoms. The summed E-state index contributed by atoms with van der Waals surface area (Å²) in [6, 6.07) is 6.65. The number of carbonyl (C=O) groups excluding carboxylic acids is 3. The van der Waals surface area contributed by atoms with Gasteiger partial charge in [-0.2, -0.15) is 0 Å². The first-order valence-corrected chi connectivity index (χ1v) is 12.9. The molecule has 3 aliphatic rings. The van der Waals surface area contributed by atoms with E-state index in [9.17, 15) is 18.9 Å². The summed E-state index contributed by atoms with van der Waals surface area (Å²) in [5.74, 6) is -1.33. The molecule has 0 saturated carbocycles. The first-order chi connectivity index (χ1) is 16.1. The van der Waals surface area contributed by atoms with Crippen molar-refractivity contribution >= 4 is 29.2 Å². The minimum Gasteiger partial charge on any atom is -0.598 e. The van der Waals surface area contributed by atoms with Crippen LogP contribution in [0.15, 0.2) is 24.3 Å². The standard InChI is InChI=1S/C24H33N3O6S/c1-23(2,3)34(31)26-24(12-15-33-19-7-5-4-6-18(19)24)11-8-17-20(28)25-22(30)27(21(17)29)16-9-13-32-14-10-16/h4-7,16-17,26H,8-15H2,1-3H3,(H,25,28,30)/t17?,24-,34-/m0/s1. The van der Waals surface area contributed by atoms with E-state index in [-0.39, 0.29) is 12.5 Å². The van der Waals surface area contributed by atoms with Gasteiger partial charge in [-0.25, -0.2) is 4.79 Å². The fraction of sp³-hybridized carbons (Fsp3) is 0.625. The Morgan fingerprint density at radius 2 is 1.88 bits per heavy atom. The van der Waals surface area contributed by atoms with E-state index in [1.807, 2.05) is 45.0 Å². The maximum atomic E-state index is 13.3. The third-order valence-electron chi connectivity index (χ3n) is 6.75. The number of hydrogen-bond acceptors (Lipinski definition) is 7. The van der Waals surface area contributed by atoms with Gasteiger partial charge in [0.05, 0.1) is 12.1 Å². The number of nitrogens with zero attached hydrogens (tertiary/aromatic N) is 1. The van der Waals surface area contributed by atoms with Gasteiger partial charge in [-0.05, 0) is 52.5 Å². The summed E-state index contributed by atoms with van der Waals surface area (Å²) in [5.41, 5.74) is 0.123. The predicted octanol–water partition coefficient (Wildman–Crippen LogP) is 2.37. The first kappa shape index (κ1) is 25.0. The molecule has 0 aliphatic carbocycles. The molecule has 186 valence electrons. The maximum absolute atomic E-state index is 13.3. The van der Waals surface area contributed by atoms with E-state index in [2.05, 4.69) is 10.0 Å². The van der Waals surface area contributed by atoms with Gasteiger partial charge in [0.2, 0.25) is 11.8 Å². The number of ether oxygens (including phenoxy) is 2. The number of carbonyl (C=O) groups is 3. The molecule has 34 heavy (non-hydrogen) atoms. The third kappa shape index (κ3) is 4.95. The molecule has 1 unspecified atom stereocenters. The van der Waals surface area contributed by atoms with Crippen molar-refractivity contribution in [3.63, 3.8) is 0 Å². The summed E-state index contributed by atoms with van der Waals surface area (Å²) in [7, 11) is 0. The number of rotatable bonds is 6. The van der Waals surface area contributed by atoms with Crippen LogP contribution in [0.25, 0.3) is 0 Å². The molecule has 0 bridgehead atoms. The zero-order valence-electron chi connectivity index (χ0n) is 19.9. The Hall–Kier alpha value is -2.14. The number of fused-ring (bicyclic) bond motifs is 1. The highest BCUT2D eigenvalue weighted by Gasteiger charge is 2.48. The number of hydrogen-bond donors (Lipinski definition) is 2. The van der Waals surface area contributed by atoms with E-state index in [0.717, 1.165) is 5.56 Å². The van der Waals surface area contributed by atoms with Crippen molar-refractivity contribution in [2.75, 3.05) is 19.8 Å². The Morgan fingerprint density at radius 1 is 1.18 bits per heavy atom. The van der Waals surface area contributed by atoms with E-state index in [1.54, 1.807) is 0 Å². The lowest BCUT2D eigenvalue weighted by Gasteiger charge is -2.42. The Morgan fingerprint density at radius 3 is 2.59 bits per heavy atom. The number of benzene rings is 1. The van der Waals surface area contributed by atoms with Crippen molar-refractivity contribution in [2.24, 2.45) is 5.92 Å². The van der Waals surface area contributed by atoms with Gasteiger partial charge in [-0.3, -0.25) is 19.8 Å². The molecule has 0 radical (unpaired) electrons. The summed E-state index contributed by atoms with van der Waals surface area (Å²) in [4.78, 5) is 39.8. The van der Waals surface area contributed by atoms with Crippen molar-refractivity contribution < 1.29 is 28.4 Å². The number of nitrogens with one attached hydrogen (secondary N) is 2. The topological polar surface area (TPSA) is 120 Å². The molecule has 0 aromatic heterocycles. The van der Waals surface area contributed by atoms with Gasteiger partial charge < -0.3 is 14.0 Å². The molecule has 1 aromatic carbocycles. The normalized spacial score (nSPS) is 27.1. The van der Waals surface area contributed by atoms with Crippen LogP contribution in [-0.4, -0.2) is 57.9 Å². The Kier molecular flexibility index (Phi) is 7.23. The molecule has 9 nitrogen and oxygen atoms in total. The highest BCUT2D eigenvalue weighted by molar-refractivity contribution is 7.90. The second-order valence-electron chi connectivity index (χ2n) is 10.1. The molecule has 2 N–H and O–H groups in total. The van der Waals surface area contributed by atoms with Crippen LogP contribution in [0.5, 0.6) is 5.75 Å². The molecule has 2 saturated heterocycles. The van der Waals surface area contributed by atoms with Crippen LogP contribution in [0.3, 0.4) is 0 Å². The average Bonchev–Trinajstić information content (AvgIpc) is 2.79. The van der Waals surface area contributed by atoms with Gasteiger partial charge in [-0.1, -0.05) is 18.2 Å². The van der Waals surface area contributed by atoms with Crippen LogP contribution in [0.1, 0.15) is 58.4 Å². The lowest BCUT2D eigenvalue weighted by atomic mass is 9.79. The minimum absolute atomic E-state index is 0.209. The minimum atomic E-state index is -1.39. The molecule has 0 spiro atoms. The molecule has 4 amide bonds. The van der Waals surface area contributed by atoms with Crippen molar-refractivity contribution in [2.45, 2.75) is 69.2 Å². The third-order valence-corrected chi connectivity index (χ3v) is 8.44. The lowest BCUT2D eigenvalue weighted by Crippen LogP contribution is -2.62. The number of imide groups is 2.